The lowest BCUT2D eigenvalue weighted by Gasteiger charge is -2.18. The van der Waals surface area contributed by atoms with E-state index in [1.165, 1.54) is 0 Å². The maximum Gasteiger partial charge on any atom is 0.234 e. The molecule has 1 aliphatic rings. The molecule has 0 aliphatic carbocycles. The Hall–Kier alpha value is -0.650. The van der Waals surface area contributed by atoms with Crippen LogP contribution < -0.4 is 11.1 Å². The van der Waals surface area contributed by atoms with Gasteiger partial charge in [0.1, 0.15) is 0 Å². The van der Waals surface area contributed by atoms with Gasteiger partial charge in [-0.3, -0.25) is 4.79 Å². The number of primary amides is 1. The summed E-state index contributed by atoms with van der Waals surface area (Å²) in [6.07, 6.45) is 2.20. The summed E-state index contributed by atoms with van der Waals surface area (Å²) in [5, 5.41) is 2.92. The summed E-state index contributed by atoms with van der Waals surface area (Å²) >= 11 is 0. The Kier molecular flexibility index (Phi) is 5.01. The normalized spacial score (nSPS) is 24.3. The van der Waals surface area contributed by atoms with Crippen LogP contribution in [0.15, 0.2) is 0 Å². The molecule has 0 saturated carbocycles. The molecule has 0 aromatic heterocycles. The second-order valence-corrected chi connectivity index (χ2v) is 3.98. The summed E-state index contributed by atoms with van der Waals surface area (Å²) in [7, 11) is 3.51. The van der Waals surface area contributed by atoms with Gasteiger partial charge in [-0.2, -0.15) is 0 Å². The molecule has 0 aromatic carbocycles. The molecule has 3 N–H and O–H groups in total. The van der Waals surface area contributed by atoms with Crippen molar-refractivity contribution < 1.29 is 9.53 Å². The third-order valence-electron chi connectivity index (χ3n) is 2.99. The van der Waals surface area contributed by atoms with Crippen LogP contribution in [0.3, 0.4) is 0 Å². The average molecular weight is 215 g/mol. The fraction of sp³-hybridized carbons (Fsp3) is 0.900. The Bertz CT molecular complexity index is 211. The van der Waals surface area contributed by atoms with E-state index in [-0.39, 0.29) is 11.9 Å². The van der Waals surface area contributed by atoms with Gasteiger partial charge in [-0.25, -0.2) is 0 Å². The standard InChI is InChI=1S/C10H21N3O2/c1-12-9(10(11)14)4-6-13-5-3-8(7-13)15-2/h8-9,12H,3-7H2,1-2H3,(H2,11,14). The maximum absolute atomic E-state index is 11.0. The lowest BCUT2D eigenvalue weighted by molar-refractivity contribution is -0.120. The molecule has 1 rings (SSSR count). The molecule has 0 spiro atoms. The highest BCUT2D eigenvalue weighted by atomic mass is 16.5. The van der Waals surface area contributed by atoms with Crippen LogP contribution in [0.4, 0.5) is 0 Å². The molecule has 0 radical (unpaired) electrons. The molecule has 1 fully saturated rings. The fourth-order valence-corrected chi connectivity index (χ4v) is 1.93. The predicted molar refractivity (Wildman–Crippen MR) is 58.5 cm³/mol. The highest BCUT2D eigenvalue weighted by Gasteiger charge is 2.23. The van der Waals surface area contributed by atoms with Crippen LogP contribution in [0.1, 0.15) is 12.8 Å². The molecule has 0 bridgehead atoms. The number of rotatable bonds is 6. The van der Waals surface area contributed by atoms with Crippen molar-refractivity contribution in [3.63, 3.8) is 0 Å². The number of hydrogen-bond acceptors (Lipinski definition) is 4. The first-order valence-corrected chi connectivity index (χ1v) is 5.39. The SMILES string of the molecule is CNC(CCN1CCC(OC)C1)C(N)=O. The first-order chi connectivity index (χ1) is 7.17. The zero-order chi connectivity index (χ0) is 11.3. The number of methoxy groups -OCH3 is 1. The minimum absolute atomic E-state index is 0.216. The minimum atomic E-state index is -0.278. The molecule has 5 nitrogen and oxygen atoms in total. The van der Waals surface area contributed by atoms with Crippen LogP contribution in [0.5, 0.6) is 0 Å². The molecular formula is C10H21N3O2. The van der Waals surface area contributed by atoms with Crippen molar-refractivity contribution in [3.05, 3.63) is 0 Å². The summed E-state index contributed by atoms with van der Waals surface area (Å²) in [5.74, 6) is -0.278. The van der Waals surface area contributed by atoms with Gasteiger partial charge in [0.15, 0.2) is 0 Å². The monoisotopic (exact) mass is 215 g/mol. The molecular weight excluding hydrogens is 194 g/mol. The molecule has 2 atom stereocenters. The lowest BCUT2D eigenvalue weighted by Crippen LogP contribution is -2.41. The van der Waals surface area contributed by atoms with Crippen molar-refractivity contribution in [2.24, 2.45) is 5.73 Å². The van der Waals surface area contributed by atoms with Gasteiger partial charge in [-0.1, -0.05) is 0 Å². The third-order valence-corrected chi connectivity index (χ3v) is 2.99. The lowest BCUT2D eigenvalue weighted by atomic mass is 10.2. The molecule has 2 unspecified atom stereocenters. The smallest absolute Gasteiger partial charge is 0.234 e. The van der Waals surface area contributed by atoms with Crippen LogP contribution in [-0.2, 0) is 9.53 Å². The molecule has 1 amide bonds. The Morgan fingerprint density at radius 1 is 1.73 bits per heavy atom. The number of hydrogen-bond donors (Lipinski definition) is 2. The van der Waals surface area contributed by atoms with E-state index < -0.39 is 0 Å². The van der Waals surface area contributed by atoms with E-state index in [0.717, 1.165) is 32.5 Å². The molecule has 1 aliphatic heterocycles. The van der Waals surface area contributed by atoms with Crippen molar-refractivity contribution in [2.75, 3.05) is 33.8 Å². The molecule has 0 aromatic rings. The predicted octanol–water partition coefficient (Wildman–Crippen LogP) is -0.829. The van der Waals surface area contributed by atoms with E-state index in [0.29, 0.717) is 6.10 Å². The highest BCUT2D eigenvalue weighted by Crippen LogP contribution is 2.12. The zero-order valence-corrected chi connectivity index (χ0v) is 9.53. The van der Waals surface area contributed by atoms with Crippen molar-refractivity contribution in [1.82, 2.24) is 10.2 Å². The molecule has 1 heterocycles. The van der Waals surface area contributed by atoms with Gasteiger partial charge in [0, 0.05) is 26.7 Å². The highest BCUT2D eigenvalue weighted by molar-refractivity contribution is 5.79. The van der Waals surface area contributed by atoms with Crippen molar-refractivity contribution in [3.8, 4) is 0 Å². The van der Waals surface area contributed by atoms with Crippen LogP contribution >= 0.6 is 0 Å². The molecule has 1 saturated heterocycles. The van der Waals surface area contributed by atoms with Gasteiger partial charge in [-0.05, 0) is 19.9 Å². The van der Waals surface area contributed by atoms with E-state index >= 15 is 0 Å². The Morgan fingerprint density at radius 3 is 2.93 bits per heavy atom. The zero-order valence-electron chi connectivity index (χ0n) is 9.53. The number of likely N-dealkylation sites (N-methyl/N-ethyl adjacent to an activating group) is 1. The Labute approximate surface area is 90.9 Å². The van der Waals surface area contributed by atoms with Crippen molar-refractivity contribution >= 4 is 5.91 Å². The number of carbonyl (C=O) groups is 1. The summed E-state index contributed by atoms with van der Waals surface area (Å²) < 4.78 is 5.27. The van der Waals surface area contributed by atoms with E-state index in [1.807, 2.05) is 0 Å². The Balaban J connectivity index is 2.22. The van der Waals surface area contributed by atoms with Gasteiger partial charge in [0.2, 0.25) is 5.91 Å². The summed E-state index contributed by atoms with van der Waals surface area (Å²) in [4.78, 5) is 13.3. The van der Waals surface area contributed by atoms with E-state index in [1.54, 1.807) is 14.2 Å². The number of amides is 1. The van der Waals surface area contributed by atoms with Gasteiger partial charge in [0.05, 0.1) is 12.1 Å². The Morgan fingerprint density at radius 2 is 2.47 bits per heavy atom. The van der Waals surface area contributed by atoms with E-state index in [2.05, 4.69) is 10.2 Å². The summed E-state index contributed by atoms with van der Waals surface area (Å²) in [5.41, 5.74) is 5.24. The van der Waals surface area contributed by atoms with Gasteiger partial charge in [0.25, 0.3) is 0 Å². The third kappa shape index (κ3) is 3.77. The maximum atomic E-state index is 11.0. The molecule has 15 heavy (non-hydrogen) atoms. The van der Waals surface area contributed by atoms with Crippen LogP contribution in [0.25, 0.3) is 0 Å². The topological polar surface area (TPSA) is 67.6 Å². The quantitative estimate of drug-likeness (QED) is 0.607. The van der Waals surface area contributed by atoms with Gasteiger partial charge in [-0.15, -0.1) is 0 Å². The largest absolute Gasteiger partial charge is 0.380 e. The van der Waals surface area contributed by atoms with Gasteiger partial charge < -0.3 is 20.7 Å². The number of carbonyl (C=O) groups excluding carboxylic acids is 1. The van der Waals surface area contributed by atoms with Crippen LogP contribution in [0.2, 0.25) is 0 Å². The van der Waals surface area contributed by atoms with Crippen molar-refractivity contribution in [1.29, 1.82) is 0 Å². The number of ether oxygens (including phenoxy) is 1. The summed E-state index contributed by atoms with van der Waals surface area (Å²) in [6, 6.07) is -0.216. The van der Waals surface area contributed by atoms with E-state index in [9.17, 15) is 4.79 Å². The van der Waals surface area contributed by atoms with E-state index in [4.69, 9.17) is 10.5 Å². The average Bonchev–Trinajstić information content (AvgIpc) is 2.66. The second kappa shape index (κ2) is 6.05. The second-order valence-electron chi connectivity index (χ2n) is 3.98. The number of nitrogens with zero attached hydrogens (tertiary/aromatic N) is 1. The summed E-state index contributed by atoms with van der Waals surface area (Å²) in [6.45, 7) is 2.91. The van der Waals surface area contributed by atoms with Crippen molar-refractivity contribution in [2.45, 2.75) is 25.0 Å². The first-order valence-electron chi connectivity index (χ1n) is 5.39. The van der Waals surface area contributed by atoms with Gasteiger partial charge >= 0.3 is 0 Å². The molecule has 5 heteroatoms. The minimum Gasteiger partial charge on any atom is -0.380 e. The number of nitrogens with two attached hydrogens (primary N) is 1. The first kappa shape index (κ1) is 12.4. The fourth-order valence-electron chi connectivity index (χ4n) is 1.93. The number of likely N-dealkylation sites (tertiary alicyclic amines) is 1. The molecule has 88 valence electrons. The van der Waals surface area contributed by atoms with Crippen LogP contribution in [0, 0.1) is 0 Å². The van der Waals surface area contributed by atoms with Crippen LogP contribution in [-0.4, -0.2) is 56.7 Å². The number of nitrogens with one attached hydrogen (secondary N) is 1.